The number of carbonyl (C=O) groups excluding carboxylic acids is 2. The lowest BCUT2D eigenvalue weighted by Crippen LogP contribution is -2.14. The highest BCUT2D eigenvalue weighted by Gasteiger charge is 2.16. The van der Waals surface area contributed by atoms with Gasteiger partial charge < -0.3 is 9.73 Å². The zero-order valence-electron chi connectivity index (χ0n) is 13.2. The Kier molecular flexibility index (Phi) is 4.12. The van der Waals surface area contributed by atoms with Crippen molar-refractivity contribution in [2.75, 3.05) is 10.6 Å². The summed E-state index contributed by atoms with van der Waals surface area (Å²) in [5.41, 5.74) is 2.32. The molecule has 2 heterocycles. The second-order valence-electron chi connectivity index (χ2n) is 5.25. The standard InChI is InChI=1S/C17H11N5O3S/c23-15(10-5-2-1-3-6-10)20-17-19-13(9-25-17)16(24)18-11-7-4-8-12-14(11)22-26-21-12/h1-9H,(H,18,24)(H,19,20,23). The van der Waals surface area contributed by atoms with Crippen LogP contribution in [0, 0.1) is 0 Å². The Balaban J connectivity index is 1.48. The number of benzene rings is 2. The highest BCUT2D eigenvalue weighted by molar-refractivity contribution is 7.00. The van der Waals surface area contributed by atoms with E-state index < -0.39 is 5.91 Å². The third-order valence-electron chi connectivity index (χ3n) is 3.53. The largest absolute Gasteiger partial charge is 0.431 e. The Morgan fingerprint density at radius 3 is 2.62 bits per heavy atom. The molecule has 0 fully saturated rings. The second kappa shape index (κ2) is 6.73. The number of amides is 2. The molecular weight excluding hydrogens is 354 g/mol. The molecule has 4 rings (SSSR count). The van der Waals surface area contributed by atoms with Crippen LogP contribution in [0.2, 0.25) is 0 Å². The minimum atomic E-state index is -0.477. The highest BCUT2D eigenvalue weighted by Crippen LogP contribution is 2.22. The molecule has 0 unspecified atom stereocenters. The zero-order valence-corrected chi connectivity index (χ0v) is 14.0. The molecule has 0 radical (unpaired) electrons. The molecule has 9 heteroatoms. The first-order chi connectivity index (χ1) is 12.7. The third kappa shape index (κ3) is 3.15. The van der Waals surface area contributed by atoms with Crippen LogP contribution < -0.4 is 10.6 Å². The lowest BCUT2D eigenvalue weighted by Gasteiger charge is -2.02. The van der Waals surface area contributed by atoms with E-state index in [0.29, 0.717) is 22.3 Å². The van der Waals surface area contributed by atoms with Crippen LogP contribution in [0.4, 0.5) is 11.7 Å². The van der Waals surface area contributed by atoms with Crippen molar-refractivity contribution in [3.8, 4) is 0 Å². The van der Waals surface area contributed by atoms with Crippen LogP contribution in [0.5, 0.6) is 0 Å². The first kappa shape index (κ1) is 15.9. The van der Waals surface area contributed by atoms with E-state index in [-0.39, 0.29) is 17.6 Å². The van der Waals surface area contributed by atoms with Crippen molar-refractivity contribution < 1.29 is 14.0 Å². The van der Waals surface area contributed by atoms with Crippen molar-refractivity contribution >= 4 is 46.3 Å². The quantitative estimate of drug-likeness (QED) is 0.575. The number of carbonyl (C=O) groups is 2. The maximum absolute atomic E-state index is 12.4. The van der Waals surface area contributed by atoms with Gasteiger partial charge >= 0.3 is 6.01 Å². The van der Waals surface area contributed by atoms with Crippen molar-refractivity contribution in [1.29, 1.82) is 0 Å². The number of rotatable bonds is 4. The molecule has 0 aliphatic rings. The van der Waals surface area contributed by atoms with Gasteiger partial charge in [0, 0.05) is 5.56 Å². The van der Waals surface area contributed by atoms with Gasteiger partial charge in [-0.15, -0.1) is 0 Å². The van der Waals surface area contributed by atoms with Gasteiger partial charge in [-0.1, -0.05) is 24.3 Å². The summed E-state index contributed by atoms with van der Waals surface area (Å²) in [6.07, 6.45) is 1.18. The molecule has 0 aliphatic carbocycles. The summed E-state index contributed by atoms with van der Waals surface area (Å²) in [7, 11) is 0. The van der Waals surface area contributed by atoms with Crippen molar-refractivity contribution in [3.63, 3.8) is 0 Å². The molecule has 26 heavy (non-hydrogen) atoms. The molecule has 4 aromatic rings. The van der Waals surface area contributed by atoms with Gasteiger partial charge in [-0.3, -0.25) is 14.9 Å². The predicted molar refractivity (Wildman–Crippen MR) is 96.3 cm³/mol. The molecule has 0 saturated carbocycles. The van der Waals surface area contributed by atoms with Gasteiger partial charge in [-0.05, 0) is 24.3 Å². The number of hydrogen-bond acceptors (Lipinski definition) is 7. The number of oxazole rings is 1. The van der Waals surface area contributed by atoms with E-state index in [0.717, 1.165) is 11.7 Å². The van der Waals surface area contributed by atoms with Gasteiger partial charge in [0.1, 0.15) is 17.3 Å². The fourth-order valence-electron chi connectivity index (χ4n) is 2.29. The molecule has 2 amide bonds. The van der Waals surface area contributed by atoms with E-state index >= 15 is 0 Å². The molecule has 8 nitrogen and oxygen atoms in total. The number of aromatic nitrogens is 3. The van der Waals surface area contributed by atoms with Crippen LogP contribution in [0.3, 0.4) is 0 Å². The molecule has 0 saturated heterocycles. The van der Waals surface area contributed by atoms with Crippen molar-refractivity contribution in [2.24, 2.45) is 0 Å². The van der Waals surface area contributed by atoms with Gasteiger partial charge in [0.05, 0.1) is 17.4 Å². The van der Waals surface area contributed by atoms with E-state index in [4.69, 9.17) is 4.42 Å². The maximum atomic E-state index is 12.4. The molecule has 128 valence electrons. The van der Waals surface area contributed by atoms with Gasteiger partial charge in [0.15, 0.2) is 5.69 Å². The molecule has 2 aromatic heterocycles. The average molecular weight is 365 g/mol. The Labute approximate surface area is 151 Å². The van der Waals surface area contributed by atoms with Crippen LogP contribution >= 0.6 is 11.7 Å². The number of nitrogens with one attached hydrogen (secondary N) is 2. The predicted octanol–water partition coefficient (Wildman–Crippen LogP) is 3.18. The van der Waals surface area contributed by atoms with Crippen LogP contribution in [0.15, 0.2) is 59.2 Å². The third-order valence-corrected chi connectivity index (χ3v) is 4.07. The monoisotopic (exact) mass is 365 g/mol. The summed E-state index contributed by atoms with van der Waals surface area (Å²) >= 11 is 1.07. The van der Waals surface area contributed by atoms with Crippen molar-refractivity contribution in [3.05, 3.63) is 66.1 Å². The van der Waals surface area contributed by atoms with Crippen LogP contribution in [-0.2, 0) is 0 Å². The maximum Gasteiger partial charge on any atom is 0.302 e. The van der Waals surface area contributed by atoms with Gasteiger partial charge in [-0.25, -0.2) is 0 Å². The number of anilines is 2. The molecule has 2 aromatic carbocycles. The summed E-state index contributed by atoms with van der Waals surface area (Å²) in [4.78, 5) is 28.4. The Hall–Kier alpha value is -3.59. The fraction of sp³-hybridized carbons (Fsp3) is 0. The average Bonchev–Trinajstić information content (AvgIpc) is 3.32. The summed E-state index contributed by atoms with van der Waals surface area (Å²) in [5, 5.41) is 5.22. The number of nitrogens with zero attached hydrogens (tertiary/aromatic N) is 3. The van der Waals surface area contributed by atoms with E-state index in [1.165, 1.54) is 6.26 Å². The Morgan fingerprint density at radius 2 is 1.77 bits per heavy atom. The SMILES string of the molecule is O=C(Nc1nc(C(=O)Nc2cccc3nsnc23)co1)c1ccccc1. The molecule has 0 spiro atoms. The summed E-state index contributed by atoms with van der Waals surface area (Å²) in [6, 6.07) is 13.9. The molecule has 2 N–H and O–H groups in total. The fourth-order valence-corrected chi connectivity index (χ4v) is 2.84. The molecular formula is C17H11N5O3S. The lowest BCUT2D eigenvalue weighted by molar-refractivity contribution is 0.101. The van der Waals surface area contributed by atoms with Gasteiger partial charge in [0.25, 0.3) is 11.8 Å². The molecule has 0 bridgehead atoms. The molecule has 0 aliphatic heterocycles. The number of fused-ring (bicyclic) bond motifs is 1. The number of hydrogen-bond donors (Lipinski definition) is 2. The minimum absolute atomic E-state index is 0.0357. The zero-order chi connectivity index (χ0) is 17.9. The van der Waals surface area contributed by atoms with Crippen LogP contribution in [-0.4, -0.2) is 25.5 Å². The van der Waals surface area contributed by atoms with Crippen LogP contribution in [0.1, 0.15) is 20.8 Å². The van der Waals surface area contributed by atoms with E-state index in [1.54, 1.807) is 36.4 Å². The molecule has 0 atom stereocenters. The summed E-state index contributed by atoms with van der Waals surface area (Å²) in [5.74, 6) is -0.854. The van der Waals surface area contributed by atoms with Gasteiger partial charge in [-0.2, -0.15) is 13.7 Å². The second-order valence-corrected chi connectivity index (χ2v) is 5.78. The summed E-state index contributed by atoms with van der Waals surface area (Å²) < 4.78 is 13.4. The minimum Gasteiger partial charge on any atom is -0.431 e. The van der Waals surface area contributed by atoms with E-state index in [2.05, 4.69) is 24.4 Å². The first-order valence-electron chi connectivity index (χ1n) is 7.55. The highest BCUT2D eigenvalue weighted by atomic mass is 32.1. The first-order valence-corrected chi connectivity index (χ1v) is 8.28. The smallest absolute Gasteiger partial charge is 0.302 e. The normalized spacial score (nSPS) is 10.6. The summed E-state index contributed by atoms with van der Waals surface area (Å²) in [6.45, 7) is 0. The van der Waals surface area contributed by atoms with Gasteiger partial charge in [0.2, 0.25) is 0 Å². The van der Waals surface area contributed by atoms with E-state index in [1.807, 2.05) is 12.1 Å². The Bertz CT molecular complexity index is 1090. The van der Waals surface area contributed by atoms with E-state index in [9.17, 15) is 9.59 Å². The van der Waals surface area contributed by atoms with Crippen LogP contribution in [0.25, 0.3) is 11.0 Å². The lowest BCUT2D eigenvalue weighted by atomic mass is 10.2. The van der Waals surface area contributed by atoms with Crippen molar-refractivity contribution in [2.45, 2.75) is 0 Å². The Morgan fingerprint density at radius 1 is 0.923 bits per heavy atom. The topological polar surface area (TPSA) is 110 Å². The van der Waals surface area contributed by atoms with Crippen molar-refractivity contribution in [1.82, 2.24) is 13.7 Å².